The van der Waals surface area contributed by atoms with Crippen LogP contribution < -0.4 is 5.32 Å². The van der Waals surface area contributed by atoms with Crippen molar-refractivity contribution in [3.63, 3.8) is 0 Å². The predicted octanol–water partition coefficient (Wildman–Crippen LogP) is 4.41. The van der Waals surface area contributed by atoms with Gasteiger partial charge in [-0.2, -0.15) is 0 Å². The highest BCUT2D eigenvalue weighted by Crippen LogP contribution is 2.24. The van der Waals surface area contributed by atoms with Gasteiger partial charge in [-0.25, -0.2) is 4.98 Å². The summed E-state index contributed by atoms with van der Waals surface area (Å²) < 4.78 is 0. The SMILES string of the molecule is CN(C)C(=O)Sc1cccc(NC(=O)c2cnc(Cl)c(Cl)c2)c1. The van der Waals surface area contributed by atoms with Crippen LogP contribution in [0.2, 0.25) is 10.2 Å². The first-order chi connectivity index (χ1) is 10.9. The average Bonchev–Trinajstić information content (AvgIpc) is 2.50. The molecule has 120 valence electrons. The summed E-state index contributed by atoms with van der Waals surface area (Å²) in [5.74, 6) is -0.364. The van der Waals surface area contributed by atoms with Crippen LogP contribution in [0.25, 0.3) is 0 Å². The number of rotatable bonds is 3. The second-order valence-corrected chi connectivity index (χ2v) is 6.53. The normalized spacial score (nSPS) is 10.3. The van der Waals surface area contributed by atoms with Gasteiger partial charge in [0.15, 0.2) is 0 Å². The number of amides is 2. The number of hydrogen-bond acceptors (Lipinski definition) is 4. The van der Waals surface area contributed by atoms with Crippen molar-refractivity contribution in [3.8, 4) is 0 Å². The number of thioether (sulfide) groups is 1. The van der Waals surface area contributed by atoms with Gasteiger partial charge in [0.1, 0.15) is 5.15 Å². The zero-order chi connectivity index (χ0) is 17.0. The highest BCUT2D eigenvalue weighted by atomic mass is 35.5. The van der Waals surface area contributed by atoms with Crippen molar-refractivity contribution >= 4 is 51.8 Å². The maximum absolute atomic E-state index is 12.2. The molecule has 2 rings (SSSR count). The van der Waals surface area contributed by atoms with Gasteiger partial charge in [0.25, 0.3) is 11.1 Å². The van der Waals surface area contributed by atoms with Crippen LogP contribution in [0, 0.1) is 0 Å². The van der Waals surface area contributed by atoms with E-state index in [9.17, 15) is 9.59 Å². The number of anilines is 1. The standard InChI is InChI=1S/C15H13Cl2N3O2S/c1-20(2)15(22)23-11-5-3-4-10(7-11)19-14(21)9-6-12(16)13(17)18-8-9/h3-8H,1-2H3,(H,19,21). The van der Waals surface area contributed by atoms with Crippen molar-refractivity contribution in [2.24, 2.45) is 0 Å². The molecule has 0 saturated carbocycles. The number of carbonyl (C=O) groups is 2. The summed E-state index contributed by atoms with van der Waals surface area (Å²) >= 11 is 12.7. The van der Waals surface area contributed by atoms with Crippen LogP contribution in [0.5, 0.6) is 0 Å². The molecule has 1 aromatic heterocycles. The number of pyridine rings is 1. The van der Waals surface area contributed by atoms with Gasteiger partial charge < -0.3 is 10.2 Å². The third-order valence-electron chi connectivity index (χ3n) is 2.72. The molecule has 1 N–H and O–H groups in total. The van der Waals surface area contributed by atoms with Crippen molar-refractivity contribution in [1.82, 2.24) is 9.88 Å². The van der Waals surface area contributed by atoms with Crippen LogP contribution in [0.1, 0.15) is 10.4 Å². The molecular formula is C15H13Cl2N3O2S. The molecule has 1 aromatic carbocycles. The zero-order valence-corrected chi connectivity index (χ0v) is 14.7. The van der Waals surface area contributed by atoms with Crippen molar-refractivity contribution < 1.29 is 9.59 Å². The van der Waals surface area contributed by atoms with Crippen LogP contribution in [0.15, 0.2) is 41.4 Å². The zero-order valence-electron chi connectivity index (χ0n) is 12.3. The molecule has 0 unspecified atom stereocenters. The Morgan fingerprint density at radius 1 is 1.22 bits per heavy atom. The van der Waals surface area contributed by atoms with E-state index >= 15 is 0 Å². The van der Waals surface area contributed by atoms with E-state index in [-0.39, 0.29) is 21.3 Å². The molecule has 0 aliphatic carbocycles. The lowest BCUT2D eigenvalue weighted by atomic mass is 10.2. The first kappa shape index (κ1) is 17.6. The minimum atomic E-state index is -0.364. The second-order valence-electron chi connectivity index (χ2n) is 4.74. The van der Waals surface area contributed by atoms with Crippen molar-refractivity contribution in [3.05, 3.63) is 52.3 Å². The topological polar surface area (TPSA) is 62.3 Å². The lowest BCUT2D eigenvalue weighted by molar-refractivity contribution is 0.102. The minimum Gasteiger partial charge on any atom is -0.339 e. The highest BCUT2D eigenvalue weighted by Gasteiger charge is 2.11. The molecule has 8 heteroatoms. The van der Waals surface area contributed by atoms with E-state index in [1.54, 1.807) is 38.4 Å². The number of hydrogen-bond donors (Lipinski definition) is 1. The smallest absolute Gasteiger partial charge is 0.285 e. The summed E-state index contributed by atoms with van der Waals surface area (Å²) in [6.07, 6.45) is 1.34. The molecule has 0 spiro atoms. The Bertz CT molecular complexity index is 753. The van der Waals surface area contributed by atoms with Crippen LogP contribution in [0.4, 0.5) is 10.5 Å². The van der Waals surface area contributed by atoms with Gasteiger partial charge in [0.2, 0.25) is 0 Å². The average molecular weight is 370 g/mol. The van der Waals surface area contributed by atoms with E-state index in [1.165, 1.54) is 17.2 Å². The molecule has 0 fully saturated rings. The van der Waals surface area contributed by atoms with E-state index in [0.717, 1.165) is 16.7 Å². The van der Waals surface area contributed by atoms with E-state index in [0.29, 0.717) is 11.3 Å². The highest BCUT2D eigenvalue weighted by molar-refractivity contribution is 8.13. The van der Waals surface area contributed by atoms with E-state index in [1.807, 2.05) is 0 Å². The number of halogens is 2. The molecule has 0 atom stereocenters. The fraction of sp³-hybridized carbons (Fsp3) is 0.133. The summed E-state index contributed by atoms with van der Waals surface area (Å²) in [4.78, 5) is 29.9. The molecule has 1 heterocycles. The van der Waals surface area contributed by atoms with Crippen LogP contribution in [0.3, 0.4) is 0 Å². The number of nitrogens with one attached hydrogen (secondary N) is 1. The Balaban J connectivity index is 2.12. The fourth-order valence-electron chi connectivity index (χ4n) is 1.58. The first-order valence-corrected chi connectivity index (χ1v) is 8.05. The number of carbonyl (C=O) groups excluding carboxylic acids is 2. The largest absolute Gasteiger partial charge is 0.339 e. The molecule has 0 aliphatic rings. The first-order valence-electron chi connectivity index (χ1n) is 6.48. The summed E-state index contributed by atoms with van der Waals surface area (Å²) in [6.45, 7) is 0. The van der Waals surface area contributed by atoms with Gasteiger partial charge >= 0.3 is 0 Å². The number of nitrogens with zero attached hydrogens (tertiary/aromatic N) is 2. The van der Waals surface area contributed by atoms with Crippen LogP contribution >= 0.6 is 35.0 Å². The number of benzene rings is 1. The van der Waals surface area contributed by atoms with Crippen molar-refractivity contribution in [1.29, 1.82) is 0 Å². The Hall–Kier alpha value is -1.76. The van der Waals surface area contributed by atoms with Crippen molar-refractivity contribution in [2.75, 3.05) is 19.4 Å². The predicted molar refractivity (Wildman–Crippen MR) is 93.6 cm³/mol. The van der Waals surface area contributed by atoms with E-state index < -0.39 is 0 Å². The van der Waals surface area contributed by atoms with Gasteiger partial charge in [-0.15, -0.1) is 0 Å². The van der Waals surface area contributed by atoms with Crippen molar-refractivity contribution in [2.45, 2.75) is 4.90 Å². The Kier molecular flexibility index (Phi) is 5.87. The van der Waals surface area contributed by atoms with Crippen LogP contribution in [-0.4, -0.2) is 35.1 Å². The summed E-state index contributed by atoms with van der Waals surface area (Å²) in [5.41, 5.74) is 0.861. The van der Waals surface area contributed by atoms with Gasteiger partial charge in [-0.3, -0.25) is 9.59 Å². The molecule has 0 radical (unpaired) electrons. The van der Waals surface area contributed by atoms with E-state index in [4.69, 9.17) is 23.2 Å². The fourth-order valence-corrected chi connectivity index (χ4v) is 2.56. The van der Waals surface area contributed by atoms with Gasteiger partial charge in [0.05, 0.1) is 10.6 Å². The monoisotopic (exact) mass is 369 g/mol. The lowest BCUT2D eigenvalue weighted by Crippen LogP contribution is -2.16. The third kappa shape index (κ3) is 4.86. The molecule has 0 aliphatic heterocycles. The molecule has 0 bridgehead atoms. The number of aromatic nitrogens is 1. The quantitative estimate of drug-likeness (QED) is 0.642. The van der Waals surface area contributed by atoms with Gasteiger partial charge in [-0.1, -0.05) is 29.3 Å². The van der Waals surface area contributed by atoms with Gasteiger partial charge in [-0.05, 0) is 36.0 Å². The molecular weight excluding hydrogens is 357 g/mol. The second kappa shape index (κ2) is 7.68. The Morgan fingerprint density at radius 3 is 2.61 bits per heavy atom. The van der Waals surface area contributed by atoms with Gasteiger partial charge in [0, 0.05) is 30.9 Å². The summed E-state index contributed by atoms with van der Waals surface area (Å²) in [5, 5.41) is 2.98. The maximum atomic E-state index is 12.2. The Morgan fingerprint density at radius 2 is 1.96 bits per heavy atom. The molecule has 5 nitrogen and oxygen atoms in total. The maximum Gasteiger partial charge on any atom is 0.285 e. The van der Waals surface area contributed by atoms with Crippen LogP contribution in [-0.2, 0) is 0 Å². The summed E-state index contributed by atoms with van der Waals surface area (Å²) in [6, 6.07) is 8.44. The molecule has 23 heavy (non-hydrogen) atoms. The molecule has 2 amide bonds. The molecule has 0 saturated heterocycles. The minimum absolute atomic E-state index is 0.0952. The Labute approximate surface area is 148 Å². The third-order valence-corrected chi connectivity index (χ3v) is 4.44. The lowest BCUT2D eigenvalue weighted by Gasteiger charge is -2.10. The van der Waals surface area contributed by atoms with E-state index in [2.05, 4.69) is 10.3 Å². The molecule has 2 aromatic rings. The summed E-state index contributed by atoms with van der Waals surface area (Å²) in [7, 11) is 3.36.